The van der Waals surface area contributed by atoms with Crippen molar-refractivity contribution in [2.45, 2.75) is 18.9 Å². The van der Waals surface area contributed by atoms with Gasteiger partial charge in [-0.25, -0.2) is 4.79 Å². The summed E-state index contributed by atoms with van der Waals surface area (Å²) < 4.78 is 5.05. The molecule has 1 aromatic carbocycles. The van der Waals surface area contributed by atoms with Gasteiger partial charge in [-0.15, -0.1) is 0 Å². The van der Waals surface area contributed by atoms with Gasteiger partial charge >= 0.3 is 5.97 Å². The lowest BCUT2D eigenvalue weighted by molar-refractivity contribution is -0.142. The number of carbonyl (C=O) groups is 3. The number of nitrogens with one attached hydrogen (secondary N) is 1. The van der Waals surface area contributed by atoms with Crippen molar-refractivity contribution in [3.8, 4) is 5.75 Å². The fraction of sp³-hybridized carbons (Fsp3) is 0.357. The molecule has 0 aliphatic heterocycles. The molecule has 0 aliphatic rings. The van der Waals surface area contributed by atoms with Crippen LogP contribution in [0, 0.1) is 0 Å². The van der Waals surface area contributed by atoms with Gasteiger partial charge in [-0.2, -0.15) is 0 Å². The van der Waals surface area contributed by atoms with Crippen molar-refractivity contribution in [1.29, 1.82) is 0 Å². The number of benzene rings is 1. The molecule has 0 saturated carbocycles. The molecule has 0 saturated heterocycles. The van der Waals surface area contributed by atoms with E-state index in [-0.39, 0.29) is 24.2 Å². The lowest BCUT2D eigenvalue weighted by Crippen LogP contribution is -2.43. The lowest BCUT2D eigenvalue weighted by atomic mass is 10.1. The molecule has 0 radical (unpaired) electrons. The first kappa shape index (κ1) is 17.9. The number of hydrogen-bond acceptors (Lipinski definition) is 5. The van der Waals surface area contributed by atoms with E-state index in [1.807, 2.05) is 0 Å². The number of rotatable bonds is 8. The van der Waals surface area contributed by atoms with Crippen LogP contribution in [0.5, 0.6) is 5.75 Å². The Morgan fingerprint density at radius 2 is 2.00 bits per heavy atom. The van der Waals surface area contributed by atoms with Gasteiger partial charge in [0.2, 0.25) is 5.91 Å². The Labute approximate surface area is 131 Å². The van der Waals surface area contributed by atoms with Crippen LogP contribution in [0.25, 0.3) is 0 Å². The Morgan fingerprint density at radius 3 is 2.55 bits per heavy atom. The summed E-state index contributed by atoms with van der Waals surface area (Å²) in [7, 11) is 1.41. The molecule has 7 nitrogen and oxygen atoms in total. The number of halogens is 1. The average molecular weight is 330 g/mol. The molecule has 0 aliphatic carbocycles. The number of carboxylic acid groups (broad SMARTS) is 1. The maximum Gasteiger partial charge on any atom is 0.328 e. The Balaban J connectivity index is 2.65. The Hall–Kier alpha value is -2.12. The first-order valence-corrected chi connectivity index (χ1v) is 6.76. The largest absolute Gasteiger partial charge is 0.496 e. The summed E-state index contributed by atoms with van der Waals surface area (Å²) in [5.74, 6) is -2.01. The topological polar surface area (TPSA) is 113 Å². The number of methoxy groups -OCH3 is 1. The molecular formula is C14H16ClNO6. The van der Waals surface area contributed by atoms with Crippen molar-refractivity contribution in [3.05, 3.63) is 28.8 Å². The van der Waals surface area contributed by atoms with E-state index in [1.54, 1.807) is 12.1 Å². The first-order valence-electron chi connectivity index (χ1n) is 6.38. The summed E-state index contributed by atoms with van der Waals surface area (Å²) in [4.78, 5) is 34.3. The highest BCUT2D eigenvalue weighted by Gasteiger charge is 2.20. The highest BCUT2D eigenvalue weighted by Crippen LogP contribution is 2.24. The van der Waals surface area contributed by atoms with E-state index < -0.39 is 24.5 Å². The van der Waals surface area contributed by atoms with Crippen molar-refractivity contribution < 1.29 is 29.3 Å². The number of Topliss-reactive ketones (excluding diaryl/α,β-unsaturated/α-hetero) is 1. The van der Waals surface area contributed by atoms with Crippen molar-refractivity contribution in [2.24, 2.45) is 0 Å². The van der Waals surface area contributed by atoms with Gasteiger partial charge < -0.3 is 20.3 Å². The molecule has 0 heterocycles. The van der Waals surface area contributed by atoms with E-state index in [4.69, 9.17) is 26.6 Å². The predicted octanol–water partition coefficient (Wildman–Crippen LogP) is 0.873. The van der Waals surface area contributed by atoms with Crippen LogP contribution in [0.3, 0.4) is 0 Å². The molecule has 8 heteroatoms. The second kappa shape index (κ2) is 8.35. The zero-order valence-corrected chi connectivity index (χ0v) is 12.6. The molecule has 0 fully saturated rings. The SMILES string of the molecule is COc1ccc(Cl)cc1C(=O)CCC(=O)NC(CO)C(=O)O. The molecule has 22 heavy (non-hydrogen) atoms. The molecule has 1 rings (SSSR count). The van der Waals surface area contributed by atoms with Crippen LogP contribution in [0.4, 0.5) is 0 Å². The van der Waals surface area contributed by atoms with Crippen LogP contribution >= 0.6 is 11.6 Å². The second-order valence-electron chi connectivity index (χ2n) is 4.41. The molecule has 3 N–H and O–H groups in total. The number of aliphatic hydroxyl groups is 1. The van der Waals surface area contributed by atoms with Gasteiger partial charge in [0.15, 0.2) is 5.78 Å². The average Bonchev–Trinajstić information content (AvgIpc) is 2.49. The number of carboxylic acids is 1. The zero-order valence-electron chi connectivity index (χ0n) is 11.8. The van der Waals surface area contributed by atoms with Gasteiger partial charge in [-0.3, -0.25) is 9.59 Å². The normalized spacial score (nSPS) is 11.6. The highest BCUT2D eigenvalue weighted by molar-refractivity contribution is 6.31. The van der Waals surface area contributed by atoms with Gasteiger partial charge in [0.05, 0.1) is 19.3 Å². The molecule has 120 valence electrons. The maximum absolute atomic E-state index is 12.1. The quantitative estimate of drug-likeness (QED) is 0.610. The molecule has 0 bridgehead atoms. The standard InChI is InChI=1S/C14H16ClNO6/c1-22-12-4-2-8(15)6-9(12)11(18)3-5-13(19)16-10(7-17)14(20)21/h2,4,6,10,17H,3,5,7H2,1H3,(H,16,19)(H,20,21). The summed E-state index contributed by atoms with van der Waals surface area (Å²) in [6.07, 6.45) is -0.349. The van der Waals surface area contributed by atoms with Gasteiger partial charge in [0.25, 0.3) is 0 Å². The van der Waals surface area contributed by atoms with Gasteiger partial charge in [-0.05, 0) is 18.2 Å². The third-order valence-electron chi connectivity index (χ3n) is 2.86. The number of ketones is 1. The van der Waals surface area contributed by atoms with Crippen LogP contribution < -0.4 is 10.1 Å². The first-order chi connectivity index (χ1) is 10.4. The number of ether oxygens (including phenoxy) is 1. The Bertz CT molecular complexity index is 574. The lowest BCUT2D eigenvalue weighted by Gasteiger charge is -2.12. The maximum atomic E-state index is 12.1. The monoisotopic (exact) mass is 329 g/mol. The summed E-state index contributed by atoms with van der Waals surface area (Å²) in [6.45, 7) is -0.725. The van der Waals surface area contributed by atoms with Crippen LogP contribution in [0.2, 0.25) is 5.02 Å². The minimum atomic E-state index is -1.39. The molecule has 0 aromatic heterocycles. The third-order valence-corrected chi connectivity index (χ3v) is 3.09. The van der Waals surface area contributed by atoms with Crippen molar-refractivity contribution >= 4 is 29.3 Å². The summed E-state index contributed by atoms with van der Waals surface area (Å²) in [6, 6.07) is 3.17. The molecule has 1 atom stereocenters. The summed E-state index contributed by atoms with van der Waals surface area (Å²) in [5.41, 5.74) is 0.250. The third kappa shape index (κ3) is 5.01. The minimum Gasteiger partial charge on any atom is -0.496 e. The Morgan fingerprint density at radius 1 is 1.32 bits per heavy atom. The van der Waals surface area contributed by atoms with Gasteiger partial charge in [-0.1, -0.05) is 11.6 Å². The van der Waals surface area contributed by atoms with E-state index in [0.717, 1.165) is 0 Å². The minimum absolute atomic E-state index is 0.139. The number of carbonyl (C=O) groups excluding carboxylic acids is 2. The zero-order chi connectivity index (χ0) is 16.7. The second-order valence-corrected chi connectivity index (χ2v) is 4.85. The molecule has 1 aromatic rings. The van der Waals surface area contributed by atoms with E-state index in [9.17, 15) is 14.4 Å². The van der Waals surface area contributed by atoms with E-state index in [0.29, 0.717) is 10.8 Å². The van der Waals surface area contributed by atoms with Gasteiger partial charge in [0, 0.05) is 17.9 Å². The van der Waals surface area contributed by atoms with Crippen LogP contribution in [-0.4, -0.2) is 47.6 Å². The number of aliphatic carboxylic acids is 1. The van der Waals surface area contributed by atoms with Crippen molar-refractivity contribution in [1.82, 2.24) is 5.32 Å². The fourth-order valence-corrected chi connectivity index (χ4v) is 1.88. The number of aliphatic hydroxyl groups excluding tert-OH is 1. The summed E-state index contributed by atoms with van der Waals surface area (Å²) >= 11 is 5.82. The molecule has 1 unspecified atom stereocenters. The Kier molecular flexibility index (Phi) is 6.81. The fourth-order valence-electron chi connectivity index (χ4n) is 1.71. The van der Waals surface area contributed by atoms with Crippen molar-refractivity contribution in [3.63, 3.8) is 0 Å². The van der Waals surface area contributed by atoms with E-state index in [1.165, 1.54) is 13.2 Å². The molecular weight excluding hydrogens is 314 g/mol. The van der Waals surface area contributed by atoms with E-state index >= 15 is 0 Å². The number of amides is 1. The van der Waals surface area contributed by atoms with Crippen molar-refractivity contribution in [2.75, 3.05) is 13.7 Å². The summed E-state index contributed by atoms with van der Waals surface area (Å²) in [5, 5.41) is 20.0. The van der Waals surface area contributed by atoms with Crippen LogP contribution in [0.1, 0.15) is 23.2 Å². The smallest absolute Gasteiger partial charge is 0.328 e. The highest BCUT2D eigenvalue weighted by atomic mass is 35.5. The number of hydrogen-bond donors (Lipinski definition) is 3. The molecule has 0 spiro atoms. The molecule has 1 amide bonds. The van der Waals surface area contributed by atoms with Crippen LogP contribution in [0.15, 0.2) is 18.2 Å². The van der Waals surface area contributed by atoms with Crippen LogP contribution in [-0.2, 0) is 9.59 Å². The van der Waals surface area contributed by atoms with E-state index in [2.05, 4.69) is 5.32 Å². The van der Waals surface area contributed by atoms with Gasteiger partial charge in [0.1, 0.15) is 11.8 Å². The predicted molar refractivity (Wildman–Crippen MR) is 78.2 cm³/mol.